The maximum absolute atomic E-state index is 4.23. The minimum Gasteiger partial charge on any atom is -0.352 e. The van der Waals surface area contributed by atoms with Gasteiger partial charge in [-0.1, -0.05) is 0 Å². The van der Waals surface area contributed by atoms with Gasteiger partial charge in [-0.25, -0.2) is 4.98 Å². The quantitative estimate of drug-likeness (QED) is 0.668. The summed E-state index contributed by atoms with van der Waals surface area (Å²) in [6, 6.07) is 2.11. The molecule has 0 atom stereocenters. The van der Waals surface area contributed by atoms with Crippen molar-refractivity contribution >= 4 is 28.6 Å². The average Bonchev–Trinajstić information content (AvgIpc) is 3.01. The maximum atomic E-state index is 4.23. The van der Waals surface area contributed by atoms with Gasteiger partial charge in [-0.2, -0.15) is 11.3 Å². The van der Waals surface area contributed by atoms with Crippen molar-refractivity contribution in [2.24, 2.45) is 4.99 Å². The van der Waals surface area contributed by atoms with E-state index in [1.165, 1.54) is 10.4 Å². The molecule has 0 aromatic carbocycles. The van der Waals surface area contributed by atoms with Crippen LogP contribution in [0.3, 0.4) is 0 Å². The van der Waals surface area contributed by atoms with E-state index in [0.29, 0.717) is 0 Å². The highest BCUT2D eigenvalue weighted by Gasteiger charge is 2.03. The summed E-state index contributed by atoms with van der Waals surface area (Å²) in [6.07, 6.45) is 0. The van der Waals surface area contributed by atoms with Gasteiger partial charge in [0.15, 0.2) is 5.96 Å². The van der Waals surface area contributed by atoms with Crippen LogP contribution in [0.5, 0.6) is 0 Å². The van der Waals surface area contributed by atoms with Gasteiger partial charge in [-0.15, -0.1) is 11.3 Å². The van der Waals surface area contributed by atoms with Crippen LogP contribution in [0.15, 0.2) is 27.3 Å². The highest BCUT2D eigenvalue weighted by Crippen LogP contribution is 2.11. The number of nitrogens with one attached hydrogen (secondary N) is 2. The molecule has 4 nitrogen and oxygen atoms in total. The molecule has 0 aliphatic carbocycles. The van der Waals surface area contributed by atoms with Crippen molar-refractivity contribution in [3.05, 3.63) is 38.5 Å². The normalized spacial score (nSPS) is 11.6. The first kappa shape index (κ1) is 13.0. The van der Waals surface area contributed by atoms with Crippen LogP contribution in [0, 0.1) is 6.92 Å². The van der Waals surface area contributed by atoms with E-state index in [1.807, 2.05) is 12.4 Å². The molecule has 0 spiro atoms. The first-order valence-electron chi connectivity index (χ1n) is 5.64. The van der Waals surface area contributed by atoms with Crippen molar-refractivity contribution in [1.29, 1.82) is 0 Å². The van der Waals surface area contributed by atoms with Gasteiger partial charge in [0, 0.05) is 18.5 Å². The Hall–Kier alpha value is -1.40. The molecule has 0 saturated carbocycles. The van der Waals surface area contributed by atoms with Crippen LogP contribution in [0.25, 0.3) is 0 Å². The number of guanidine groups is 1. The Balaban J connectivity index is 1.81. The molecule has 0 bridgehead atoms. The Morgan fingerprint density at radius 2 is 2.22 bits per heavy atom. The van der Waals surface area contributed by atoms with Crippen molar-refractivity contribution in [1.82, 2.24) is 15.6 Å². The number of nitrogens with zero attached hydrogens (tertiary/aromatic N) is 2. The Morgan fingerprint density at radius 3 is 2.83 bits per heavy atom. The first-order valence-corrected chi connectivity index (χ1v) is 7.46. The second-order valence-corrected chi connectivity index (χ2v) is 5.49. The molecule has 96 valence electrons. The summed E-state index contributed by atoms with van der Waals surface area (Å²) in [5, 5.41) is 10.8. The summed E-state index contributed by atoms with van der Waals surface area (Å²) < 4.78 is 0. The molecular weight excluding hydrogens is 264 g/mol. The van der Waals surface area contributed by atoms with E-state index in [1.54, 1.807) is 29.7 Å². The predicted octanol–water partition coefficient (Wildman–Crippen LogP) is 2.38. The average molecular weight is 280 g/mol. The molecule has 2 N–H and O–H groups in total. The maximum Gasteiger partial charge on any atom is 0.191 e. The molecule has 0 aliphatic heterocycles. The van der Waals surface area contributed by atoms with Crippen LogP contribution in [0.1, 0.15) is 16.1 Å². The highest BCUT2D eigenvalue weighted by atomic mass is 32.1. The van der Waals surface area contributed by atoms with Crippen molar-refractivity contribution in [3.8, 4) is 0 Å². The molecule has 0 amide bonds. The van der Waals surface area contributed by atoms with E-state index in [4.69, 9.17) is 0 Å². The predicted molar refractivity (Wildman–Crippen MR) is 78.2 cm³/mol. The molecule has 2 aromatic rings. The van der Waals surface area contributed by atoms with Crippen LogP contribution in [-0.2, 0) is 13.1 Å². The molecule has 18 heavy (non-hydrogen) atoms. The van der Waals surface area contributed by atoms with Crippen LogP contribution in [0.4, 0.5) is 0 Å². The number of aliphatic imine (C=N–C) groups is 1. The second-order valence-electron chi connectivity index (χ2n) is 3.77. The fraction of sp³-hybridized carbons (Fsp3) is 0.333. The molecule has 2 heterocycles. The van der Waals surface area contributed by atoms with Crippen LogP contribution < -0.4 is 10.6 Å². The number of hydrogen-bond acceptors (Lipinski definition) is 4. The number of aryl methyl sites for hydroxylation is 1. The SMILES string of the molecule is CN=C(NCc1ccsc1)NCc1scnc1C. The number of thiophene rings is 1. The number of thiazole rings is 1. The third kappa shape index (κ3) is 3.54. The first-order chi connectivity index (χ1) is 8.79. The van der Waals surface area contributed by atoms with Crippen LogP contribution in [-0.4, -0.2) is 18.0 Å². The topological polar surface area (TPSA) is 49.3 Å². The largest absolute Gasteiger partial charge is 0.352 e. The lowest BCUT2D eigenvalue weighted by Crippen LogP contribution is -2.36. The van der Waals surface area contributed by atoms with Crippen molar-refractivity contribution < 1.29 is 0 Å². The smallest absolute Gasteiger partial charge is 0.191 e. The third-order valence-corrected chi connectivity index (χ3v) is 4.19. The van der Waals surface area contributed by atoms with E-state index < -0.39 is 0 Å². The summed E-state index contributed by atoms with van der Waals surface area (Å²) in [4.78, 5) is 9.67. The van der Waals surface area contributed by atoms with Crippen molar-refractivity contribution in [2.45, 2.75) is 20.0 Å². The number of aromatic nitrogens is 1. The Labute approximate surface area is 115 Å². The Bertz CT molecular complexity index is 502. The van der Waals surface area contributed by atoms with Crippen LogP contribution >= 0.6 is 22.7 Å². The third-order valence-electron chi connectivity index (χ3n) is 2.52. The fourth-order valence-corrected chi connectivity index (χ4v) is 2.84. The van der Waals surface area contributed by atoms with Gasteiger partial charge in [0.25, 0.3) is 0 Å². The lowest BCUT2D eigenvalue weighted by molar-refractivity contribution is 0.813. The van der Waals surface area contributed by atoms with E-state index in [9.17, 15) is 0 Å². The molecule has 6 heteroatoms. The zero-order valence-corrected chi connectivity index (χ0v) is 12.1. The van der Waals surface area contributed by atoms with Gasteiger partial charge in [0.2, 0.25) is 0 Å². The molecule has 0 unspecified atom stereocenters. The fourth-order valence-electron chi connectivity index (χ4n) is 1.46. The molecular formula is C12H16N4S2. The molecule has 0 aliphatic rings. The number of rotatable bonds is 4. The molecule has 0 fully saturated rings. The standard InChI is InChI=1S/C12H16N4S2/c1-9-11(18-8-16-9)6-15-12(13-2)14-5-10-3-4-17-7-10/h3-4,7-8H,5-6H2,1-2H3,(H2,13,14,15). The van der Waals surface area contributed by atoms with E-state index in [2.05, 4.69) is 37.4 Å². The summed E-state index contributed by atoms with van der Waals surface area (Å²) >= 11 is 3.37. The molecule has 0 radical (unpaired) electrons. The highest BCUT2D eigenvalue weighted by molar-refractivity contribution is 7.09. The van der Waals surface area contributed by atoms with Gasteiger partial charge < -0.3 is 10.6 Å². The summed E-state index contributed by atoms with van der Waals surface area (Å²) in [7, 11) is 1.78. The van der Waals surface area contributed by atoms with Crippen molar-refractivity contribution in [2.75, 3.05) is 7.05 Å². The number of hydrogen-bond donors (Lipinski definition) is 2. The van der Waals surface area contributed by atoms with Gasteiger partial charge in [-0.3, -0.25) is 4.99 Å². The Kier molecular flexibility index (Phi) is 4.72. The monoisotopic (exact) mass is 280 g/mol. The van der Waals surface area contributed by atoms with E-state index in [-0.39, 0.29) is 0 Å². The lowest BCUT2D eigenvalue weighted by atomic mass is 10.3. The molecule has 2 aromatic heterocycles. The zero-order chi connectivity index (χ0) is 12.8. The summed E-state index contributed by atoms with van der Waals surface area (Å²) in [6.45, 7) is 3.58. The molecule has 2 rings (SSSR count). The van der Waals surface area contributed by atoms with Gasteiger partial charge in [0.05, 0.1) is 17.7 Å². The van der Waals surface area contributed by atoms with Gasteiger partial charge >= 0.3 is 0 Å². The lowest BCUT2D eigenvalue weighted by Gasteiger charge is -2.10. The van der Waals surface area contributed by atoms with Gasteiger partial charge in [0.1, 0.15) is 0 Å². The van der Waals surface area contributed by atoms with E-state index in [0.717, 1.165) is 24.7 Å². The summed E-state index contributed by atoms with van der Waals surface area (Å²) in [5.41, 5.74) is 4.23. The minimum atomic E-state index is 0.764. The minimum absolute atomic E-state index is 0.764. The summed E-state index contributed by atoms with van der Waals surface area (Å²) in [5.74, 6) is 0.814. The van der Waals surface area contributed by atoms with Crippen LogP contribution in [0.2, 0.25) is 0 Å². The Morgan fingerprint density at radius 1 is 1.39 bits per heavy atom. The van der Waals surface area contributed by atoms with E-state index >= 15 is 0 Å². The van der Waals surface area contributed by atoms with Gasteiger partial charge in [-0.05, 0) is 29.3 Å². The zero-order valence-electron chi connectivity index (χ0n) is 10.4. The van der Waals surface area contributed by atoms with Crippen molar-refractivity contribution in [3.63, 3.8) is 0 Å². The molecule has 0 saturated heterocycles. The second kappa shape index (κ2) is 6.51.